The van der Waals surface area contributed by atoms with Gasteiger partial charge in [0.2, 0.25) is 5.91 Å². The lowest BCUT2D eigenvalue weighted by atomic mass is 10.0. The second-order valence-corrected chi connectivity index (χ2v) is 6.09. The summed E-state index contributed by atoms with van der Waals surface area (Å²) in [5, 5.41) is 5.81. The summed E-state index contributed by atoms with van der Waals surface area (Å²) in [4.78, 5) is 28.0. The fraction of sp³-hybridized carbons (Fsp3) is 0. The second-order valence-electron chi connectivity index (χ2n) is 6.09. The van der Waals surface area contributed by atoms with Crippen LogP contribution in [0.5, 0.6) is 0 Å². The van der Waals surface area contributed by atoms with E-state index in [0.29, 0.717) is 22.6 Å². The van der Waals surface area contributed by atoms with Crippen molar-refractivity contribution in [3.63, 3.8) is 0 Å². The Kier molecular flexibility index (Phi) is 4.14. The van der Waals surface area contributed by atoms with E-state index >= 15 is 0 Å². The van der Waals surface area contributed by atoms with Crippen molar-refractivity contribution in [2.75, 3.05) is 10.6 Å². The topological polar surface area (TPSA) is 97.1 Å². The third-order valence-corrected chi connectivity index (χ3v) is 4.29. The summed E-state index contributed by atoms with van der Waals surface area (Å²) in [6.45, 7) is 0. The van der Waals surface area contributed by atoms with Gasteiger partial charge in [0, 0.05) is 34.8 Å². The molecule has 2 amide bonds. The van der Waals surface area contributed by atoms with Crippen molar-refractivity contribution in [3.8, 4) is 11.1 Å². The Bertz CT molecular complexity index is 1070. The van der Waals surface area contributed by atoms with Gasteiger partial charge in [-0.25, -0.2) is 4.98 Å². The highest BCUT2D eigenvalue weighted by atomic mass is 16.2. The molecule has 4 rings (SSSR count). The number of hydrogen-bond acceptors (Lipinski definition) is 4. The van der Waals surface area contributed by atoms with Crippen molar-refractivity contribution in [2.45, 2.75) is 0 Å². The molecular weight excluding hydrogens is 340 g/mol. The fourth-order valence-electron chi connectivity index (χ4n) is 2.92. The molecule has 132 valence electrons. The number of nitrogens with two attached hydrogens (primary N) is 1. The summed E-state index contributed by atoms with van der Waals surface area (Å²) in [5.74, 6) is -0.216. The number of primary amides is 1. The van der Waals surface area contributed by atoms with Crippen LogP contribution in [0.3, 0.4) is 0 Å². The third-order valence-electron chi connectivity index (χ3n) is 4.29. The van der Waals surface area contributed by atoms with Crippen molar-refractivity contribution < 1.29 is 9.59 Å². The molecule has 1 aliphatic heterocycles. The molecule has 0 unspecified atom stereocenters. The van der Waals surface area contributed by atoms with Crippen LogP contribution in [-0.4, -0.2) is 16.8 Å². The molecule has 4 N–H and O–H groups in total. The van der Waals surface area contributed by atoms with Gasteiger partial charge < -0.3 is 16.4 Å². The van der Waals surface area contributed by atoms with Crippen LogP contribution >= 0.6 is 0 Å². The van der Waals surface area contributed by atoms with E-state index in [9.17, 15) is 9.59 Å². The maximum absolute atomic E-state index is 12.3. The Morgan fingerprint density at radius 3 is 2.63 bits per heavy atom. The molecule has 0 fully saturated rings. The van der Waals surface area contributed by atoms with Crippen LogP contribution in [0.1, 0.15) is 15.9 Å². The summed E-state index contributed by atoms with van der Waals surface area (Å²) in [6.07, 6.45) is 3.35. The van der Waals surface area contributed by atoms with E-state index in [1.807, 2.05) is 36.4 Å². The fourth-order valence-corrected chi connectivity index (χ4v) is 2.92. The molecule has 3 aromatic rings. The summed E-state index contributed by atoms with van der Waals surface area (Å²) in [5.41, 5.74) is 9.49. The van der Waals surface area contributed by atoms with E-state index in [4.69, 9.17) is 5.73 Å². The predicted octanol–water partition coefficient (Wildman–Crippen LogP) is 3.25. The first-order valence-corrected chi connectivity index (χ1v) is 8.35. The molecule has 2 aromatic carbocycles. The number of nitrogens with zero attached hydrogens (tertiary/aromatic N) is 1. The average Bonchev–Trinajstić information content (AvgIpc) is 3.01. The van der Waals surface area contributed by atoms with Crippen LogP contribution in [0, 0.1) is 0 Å². The monoisotopic (exact) mass is 356 g/mol. The zero-order valence-corrected chi connectivity index (χ0v) is 14.3. The zero-order valence-electron chi connectivity index (χ0n) is 14.3. The van der Waals surface area contributed by atoms with Gasteiger partial charge in [-0.3, -0.25) is 9.59 Å². The minimum atomic E-state index is -0.507. The predicted molar refractivity (Wildman–Crippen MR) is 105 cm³/mol. The number of anilines is 2. The maximum Gasteiger partial charge on any atom is 0.259 e. The van der Waals surface area contributed by atoms with Crippen LogP contribution in [-0.2, 0) is 4.79 Å². The highest BCUT2D eigenvalue weighted by molar-refractivity contribution is 6.31. The van der Waals surface area contributed by atoms with Gasteiger partial charge >= 0.3 is 0 Å². The third kappa shape index (κ3) is 3.28. The van der Waals surface area contributed by atoms with Gasteiger partial charge in [-0.15, -0.1) is 0 Å². The van der Waals surface area contributed by atoms with Gasteiger partial charge in [-0.05, 0) is 29.8 Å². The van der Waals surface area contributed by atoms with Crippen LogP contribution in [0.15, 0.2) is 73.1 Å². The lowest BCUT2D eigenvalue weighted by molar-refractivity contribution is -0.110. The van der Waals surface area contributed by atoms with Crippen LogP contribution in [0.25, 0.3) is 16.7 Å². The average molecular weight is 356 g/mol. The Labute approximate surface area is 155 Å². The normalized spacial score (nSPS) is 13.9. The Balaban J connectivity index is 1.67. The summed E-state index contributed by atoms with van der Waals surface area (Å²) >= 11 is 0. The summed E-state index contributed by atoms with van der Waals surface area (Å²) < 4.78 is 0. The van der Waals surface area contributed by atoms with Gasteiger partial charge in [0.1, 0.15) is 5.82 Å². The minimum absolute atomic E-state index is 0.235. The first-order valence-electron chi connectivity index (χ1n) is 8.35. The first-order chi connectivity index (χ1) is 13.1. The van der Waals surface area contributed by atoms with Crippen molar-refractivity contribution in [2.24, 2.45) is 5.73 Å². The number of carbonyl (C=O) groups excluding carboxylic acids is 2. The van der Waals surface area contributed by atoms with Gasteiger partial charge in [0.05, 0.1) is 5.57 Å². The SMILES string of the molecule is NC(=O)c1cccc(N/C=C2\C(=O)Nc3ncc(-c4ccccc4)cc32)c1. The molecule has 2 heterocycles. The van der Waals surface area contributed by atoms with E-state index in [1.165, 1.54) is 0 Å². The number of benzene rings is 2. The Hall–Kier alpha value is -3.93. The standard InChI is InChI=1S/C21H16N4O2/c22-19(26)14-7-4-8-16(9-14)23-12-18-17-10-15(13-5-2-1-3-6-13)11-24-20(17)25-21(18)27/h1-12,23H,(H2,22,26)(H,24,25,27)/b18-12-. The van der Waals surface area contributed by atoms with Crippen molar-refractivity contribution >= 4 is 28.9 Å². The largest absolute Gasteiger partial charge is 0.366 e. The van der Waals surface area contributed by atoms with E-state index in [-0.39, 0.29) is 5.91 Å². The molecule has 0 radical (unpaired) electrons. The quantitative estimate of drug-likeness (QED) is 0.625. The molecule has 0 saturated heterocycles. The van der Waals surface area contributed by atoms with Gasteiger partial charge in [-0.1, -0.05) is 36.4 Å². The number of nitrogens with one attached hydrogen (secondary N) is 2. The van der Waals surface area contributed by atoms with Gasteiger partial charge in [0.15, 0.2) is 0 Å². The smallest absolute Gasteiger partial charge is 0.259 e. The van der Waals surface area contributed by atoms with E-state index in [2.05, 4.69) is 15.6 Å². The van der Waals surface area contributed by atoms with Crippen LogP contribution in [0.2, 0.25) is 0 Å². The maximum atomic E-state index is 12.3. The molecule has 0 bridgehead atoms. The number of rotatable bonds is 4. The molecular formula is C21H16N4O2. The van der Waals surface area contributed by atoms with Crippen LogP contribution in [0.4, 0.5) is 11.5 Å². The van der Waals surface area contributed by atoms with Crippen LogP contribution < -0.4 is 16.4 Å². The molecule has 1 aliphatic rings. The lowest BCUT2D eigenvalue weighted by Gasteiger charge is -2.06. The number of carbonyl (C=O) groups is 2. The zero-order chi connectivity index (χ0) is 18.8. The Morgan fingerprint density at radius 2 is 1.85 bits per heavy atom. The van der Waals surface area contributed by atoms with E-state index in [1.54, 1.807) is 36.7 Å². The van der Waals surface area contributed by atoms with Gasteiger partial charge in [0.25, 0.3) is 5.91 Å². The number of hydrogen-bond donors (Lipinski definition) is 3. The number of pyridine rings is 1. The number of fused-ring (bicyclic) bond motifs is 1. The van der Waals surface area contributed by atoms with Crippen molar-refractivity contribution in [1.82, 2.24) is 4.98 Å². The highest BCUT2D eigenvalue weighted by Gasteiger charge is 2.25. The summed E-state index contributed by atoms with van der Waals surface area (Å²) in [7, 11) is 0. The number of amides is 2. The summed E-state index contributed by atoms with van der Waals surface area (Å²) in [6, 6.07) is 18.5. The Morgan fingerprint density at radius 1 is 1.04 bits per heavy atom. The first kappa shape index (κ1) is 16.5. The molecule has 27 heavy (non-hydrogen) atoms. The van der Waals surface area contributed by atoms with Gasteiger partial charge in [-0.2, -0.15) is 0 Å². The number of aromatic nitrogens is 1. The molecule has 0 spiro atoms. The minimum Gasteiger partial charge on any atom is -0.366 e. The van der Waals surface area contributed by atoms with E-state index < -0.39 is 5.91 Å². The molecule has 1 aromatic heterocycles. The van der Waals surface area contributed by atoms with Crippen molar-refractivity contribution in [1.29, 1.82) is 0 Å². The molecule has 0 atom stereocenters. The second kappa shape index (κ2) is 6.76. The van der Waals surface area contributed by atoms with Crippen molar-refractivity contribution in [3.05, 3.63) is 84.2 Å². The molecule has 0 aliphatic carbocycles. The lowest BCUT2D eigenvalue weighted by Crippen LogP contribution is -2.11. The van der Waals surface area contributed by atoms with E-state index in [0.717, 1.165) is 16.7 Å². The highest BCUT2D eigenvalue weighted by Crippen LogP contribution is 2.33. The molecule has 0 saturated carbocycles. The molecule has 6 nitrogen and oxygen atoms in total. The molecule has 6 heteroatoms.